The zero-order chi connectivity index (χ0) is 11.6. The number of rotatable bonds is 2. The average molecular weight is 216 g/mol. The van der Waals surface area contributed by atoms with Crippen LogP contribution in [-0.4, -0.2) is 28.2 Å². The second kappa shape index (κ2) is 4.25. The summed E-state index contributed by atoms with van der Waals surface area (Å²) in [5, 5.41) is 18.8. The second-order valence-electron chi connectivity index (χ2n) is 4.59. The Morgan fingerprint density at radius 3 is 2.75 bits per heavy atom. The lowest BCUT2D eigenvalue weighted by Crippen LogP contribution is -2.31. The van der Waals surface area contributed by atoms with Crippen molar-refractivity contribution in [2.45, 2.75) is 31.5 Å². The van der Waals surface area contributed by atoms with Crippen molar-refractivity contribution in [1.29, 1.82) is 5.26 Å². The summed E-state index contributed by atoms with van der Waals surface area (Å²) < 4.78 is 0. The van der Waals surface area contributed by atoms with Crippen molar-refractivity contribution in [3.05, 3.63) is 35.9 Å². The second-order valence-corrected chi connectivity index (χ2v) is 4.59. The van der Waals surface area contributed by atoms with E-state index in [1.54, 1.807) is 0 Å². The van der Waals surface area contributed by atoms with Crippen molar-refractivity contribution in [2.75, 3.05) is 6.54 Å². The van der Waals surface area contributed by atoms with Gasteiger partial charge < -0.3 is 5.11 Å². The van der Waals surface area contributed by atoms with E-state index >= 15 is 0 Å². The molecule has 3 heteroatoms. The minimum atomic E-state index is -1.16. The van der Waals surface area contributed by atoms with Crippen molar-refractivity contribution in [3.63, 3.8) is 0 Å². The van der Waals surface area contributed by atoms with Crippen LogP contribution in [0, 0.1) is 11.3 Å². The van der Waals surface area contributed by atoms with E-state index in [2.05, 4.69) is 24.0 Å². The third-order valence-corrected chi connectivity index (χ3v) is 3.16. The number of hydrogen-bond donors (Lipinski definition) is 1. The molecule has 1 aromatic rings. The van der Waals surface area contributed by atoms with Crippen LogP contribution in [0.4, 0.5) is 0 Å². The molecule has 1 aliphatic rings. The Morgan fingerprint density at radius 1 is 1.50 bits per heavy atom. The van der Waals surface area contributed by atoms with E-state index in [0.29, 0.717) is 13.0 Å². The molecule has 0 amide bonds. The van der Waals surface area contributed by atoms with Crippen LogP contribution in [0.5, 0.6) is 0 Å². The predicted molar refractivity (Wildman–Crippen MR) is 61.5 cm³/mol. The van der Waals surface area contributed by atoms with Crippen LogP contribution < -0.4 is 0 Å². The predicted octanol–water partition coefficient (Wildman–Crippen LogP) is 1.54. The van der Waals surface area contributed by atoms with E-state index in [9.17, 15) is 5.11 Å². The molecule has 0 aromatic heterocycles. The van der Waals surface area contributed by atoms with E-state index in [1.165, 1.54) is 5.56 Å². The van der Waals surface area contributed by atoms with Crippen LogP contribution in [0.25, 0.3) is 0 Å². The molecular weight excluding hydrogens is 200 g/mol. The molecule has 0 radical (unpaired) electrons. The first-order chi connectivity index (χ1) is 7.63. The molecule has 1 N–H and O–H groups in total. The first-order valence-corrected chi connectivity index (χ1v) is 5.54. The summed E-state index contributed by atoms with van der Waals surface area (Å²) in [6.45, 7) is 3.30. The number of hydrogen-bond acceptors (Lipinski definition) is 3. The van der Waals surface area contributed by atoms with Gasteiger partial charge in [0, 0.05) is 25.6 Å². The van der Waals surface area contributed by atoms with Crippen molar-refractivity contribution in [1.82, 2.24) is 4.90 Å². The minimum Gasteiger partial charge on any atom is -0.374 e. The van der Waals surface area contributed by atoms with Crippen LogP contribution in [0.1, 0.15) is 18.9 Å². The summed E-state index contributed by atoms with van der Waals surface area (Å²) in [6.07, 6.45) is 0.538. The summed E-state index contributed by atoms with van der Waals surface area (Å²) in [7, 11) is 0. The monoisotopic (exact) mass is 216 g/mol. The minimum absolute atomic E-state index is 0.254. The first-order valence-electron chi connectivity index (χ1n) is 5.54. The maximum absolute atomic E-state index is 9.92. The molecule has 2 rings (SSSR count). The van der Waals surface area contributed by atoms with Crippen LogP contribution in [0.15, 0.2) is 30.3 Å². The fraction of sp³-hybridized carbons (Fsp3) is 0.462. The maximum Gasteiger partial charge on any atom is 0.165 e. The van der Waals surface area contributed by atoms with E-state index in [-0.39, 0.29) is 6.04 Å². The molecule has 0 aliphatic carbocycles. The largest absolute Gasteiger partial charge is 0.374 e. The number of nitriles is 1. The molecule has 1 aromatic carbocycles. The van der Waals surface area contributed by atoms with Gasteiger partial charge in [0.1, 0.15) is 0 Å². The molecule has 0 saturated carbocycles. The van der Waals surface area contributed by atoms with Gasteiger partial charge in [-0.25, -0.2) is 0 Å². The van der Waals surface area contributed by atoms with Gasteiger partial charge in [-0.2, -0.15) is 5.26 Å². The molecule has 0 spiro atoms. The number of benzene rings is 1. The molecular formula is C13H16N2O. The van der Waals surface area contributed by atoms with Crippen LogP contribution in [0.2, 0.25) is 0 Å². The van der Waals surface area contributed by atoms with E-state index in [1.807, 2.05) is 24.3 Å². The molecule has 2 atom stereocenters. The number of likely N-dealkylation sites (tertiary alicyclic amines) is 1. The van der Waals surface area contributed by atoms with Crippen molar-refractivity contribution in [3.8, 4) is 6.07 Å². The Morgan fingerprint density at radius 2 is 2.19 bits per heavy atom. The zero-order valence-electron chi connectivity index (χ0n) is 9.43. The lowest BCUT2D eigenvalue weighted by atomic mass is 10.0. The first kappa shape index (κ1) is 11.1. The van der Waals surface area contributed by atoms with Gasteiger partial charge >= 0.3 is 0 Å². The zero-order valence-corrected chi connectivity index (χ0v) is 9.43. The molecule has 16 heavy (non-hydrogen) atoms. The van der Waals surface area contributed by atoms with E-state index in [0.717, 1.165) is 6.54 Å². The van der Waals surface area contributed by atoms with Gasteiger partial charge in [-0.1, -0.05) is 30.3 Å². The molecule has 1 saturated heterocycles. The highest BCUT2D eigenvalue weighted by molar-refractivity contribution is 5.16. The smallest absolute Gasteiger partial charge is 0.165 e. The molecule has 2 unspecified atom stereocenters. The van der Waals surface area contributed by atoms with E-state index < -0.39 is 5.60 Å². The highest BCUT2D eigenvalue weighted by Gasteiger charge is 2.40. The van der Waals surface area contributed by atoms with Gasteiger partial charge in [-0.05, 0) is 12.5 Å². The Balaban J connectivity index is 2.05. The number of aliphatic hydroxyl groups is 1. The summed E-state index contributed by atoms with van der Waals surface area (Å²) in [6, 6.07) is 12.4. The van der Waals surface area contributed by atoms with Crippen LogP contribution >= 0.6 is 0 Å². The molecule has 1 fully saturated rings. The number of nitrogens with zero attached hydrogens (tertiary/aromatic N) is 2. The highest BCUT2D eigenvalue weighted by atomic mass is 16.3. The van der Waals surface area contributed by atoms with Gasteiger partial charge in [-0.3, -0.25) is 4.90 Å². The lowest BCUT2D eigenvalue weighted by Gasteiger charge is -2.20. The topological polar surface area (TPSA) is 47.3 Å². The van der Waals surface area contributed by atoms with Crippen LogP contribution in [-0.2, 0) is 6.54 Å². The molecule has 0 bridgehead atoms. The quantitative estimate of drug-likeness (QED) is 0.763. The van der Waals surface area contributed by atoms with Gasteiger partial charge in [0.05, 0.1) is 6.07 Å². The van der Waals surface area contributed by atoms with E-state index in [4.69, 9.17) is 5.26 Å². The van der Waals surface area contributed by atoms with Crippen molar-refractivity contribution >= 4 is 0 Å². The third-order valence-electron chi connectivity index (χ3n) is 3.16. The fourth-order valence-electron chi connectivity index (χ4n) is 2.28. The molecule has 84 valence electrons. The van der Waals surface area contributed by atoms with Gasteiger partial charge in [-0.15, -0.1) is 0 Å². The molecule has 1 aliphatic heterocycles. The van der Waals surface area contributed by atoms with Gasteiger partial charge in [0.15, 0.2) is 5.60 Å². The summed E-state index contributed by atoms with van der Waals surface area (Å²) >= 11 is 0. The summed E-state index contributed by atoms with van der Waals surface area (Å²) in [5.41, 5.74) is 0.0605. The normalized spacial score (nSPS) is 30.2. The number of β-amino-alcohol motifs (C(OH)–C–C–N with tert-alkyl or cyclic N) is 1. The fourth-order valence-corrected chi connectivity index (χ4v) is 2.28. The Labute approximate surface area is 95.9 Å². The highest BCUT2D eigenvalue weighted by Crippen LogP contribution is 2.27. The Kier molecular flexibility index (Phi) is 2.95. The molecule has 3 nitrogen and oxygen atoms in total. The maximum atomic E-state index is 9.92. The third kappa shape index (κ3) is 2.24. The Bertz CT molecular complexity index is 398. The van der Waals surface area contributed by atoms with Gasteiger partial charge in [0.2, 0.25) is 0 Å². The molecule has 1 heterocycles. The SMILES string of the molecule is CC1CC(O)(C#N)CN1Cc1ccccc1. The summed E-state index contributed by atoms with van der Waals surface area (Å²) in [5.74, 6) is 0. The van der Waals surface area contributed by atoms with Crippen LogP contribution in [0.3, 0.4) is 0 Å². The average Bonchev–Trinajstić information content (AvgIpc) is 2.57. The Hall–Kier alpha value is -1.37. The summed E-state index contributed by atoms with van der Waals surface area (Å²) in [4.78, 5) is 2.15. The van der Waals surface area contributed by atoms with Gasteiger partial charge in [0.25, 0.3) is 0 Å². The van der Waals surface area contributed by atoms with Crippen molar-refractivity contribution < 1.29 is 5.11 Å². The van der Waals surface area contributed by atoms with Crippen molar-refractivity contribution in [2.24, 2.45) is 0 Å². The standard InChI is InChI=1S/C13H16N2O/c1-11-7-13(16,9-14)10-15(11)8-12-5-3-2-4-6-12/h2-6,11,16H,7-8,10H2,1H3. The lowest BCUT2D eigenvalue weighted by molar-refractivity contribution is 0.105.